The van der Waals surface area contributed by atoms with Crippen molar-refractivity contribution in [1.82, 2.24) is 10.3 Å². The minimum Gasteiger partial charge on any atom is -0.354 e. The Morgan fingerprint density at radius 2 is 1.73 bits per heavy atom. The third kappa shape index (κ3) is 2.14. The molecule has 2 aromatic carbocycles. The van der Waals surface area contributed by atoms with Gasteiger partial charge in [0.05, 0.1) is 5.69 Å². The Kier molecular flexibility index (Phi) is 3.28. The van der Waals surface area contributed by atoms with Crippen LogP contribution in [0.15, 0.2) is 60.7 Å². The van der Waals surface area contributed by atoms with Gasteiger partial charge in [0.1, 0.15) is 6.17 Å². The van der Waals surface area contributed by atoms with Crippen LogP contribution in [-0.2, 0) is 0 Å². The number of H-pyrrole nitrogens is 1. The Morgan fingerprint density at radius 1 is 0.955 bits per heavy atom. The lowest BCUT2D eigenvalue weighted by atomic mass is 9.93. The largest absolute Gasteiger partial charge is 0.354 e. The van der Waals surface area contributed by atoms with Crippen LogP contribution in [0.4, 0.5) is 4.39 Å². The Balaban J connectivity index is 2.01. The number of hydrogen-bond acceptors (Lipinski definition) is 1. The smallest absolute Gasteiger partial charge is 0.138 e. The van der Waals surface area contributed by atoms with E-state index in [0.717, 1.165) is 33.3 Å². The Morgan fingerprint density at radius 3 is 2.55 bits per heavy atom. The van der Waals surface area contributed by atoms with Crippen LogP contribution in [-0.4, -0.2) is 24.2 Å². The minimum absolute atomic E-state index is 0.375. The summed E-state index contributed by atoms with van der Waals surface area (Å²) in [5, 5.41) is 4.15. The fraction of sp³-hybridized carbons (Fsp3) is 0.158. The van der Waals surface area contributed by atoms with Gasteiger partial charge in [-0.25, -0.2) is 4.39 Å². The van der Waals surface area contributed by atoms with E-state index in [1.165, 1.54) is 0 Å². The second kappa shape index (κ2) is 5.43. The highest BCUT2D eigenvalue weighted by Crippen LogP contribution is 2.37. The number of hydrogen-bond donors (Lipinski definition) is 2. The molecule has 0 bridgehead atoms. The molecule has 4 rings (SSSR count). The molecule has 0 saturated carbocycles. The summed E-state index contributed by atoms with van der Waals surface area (Å²) in [6, 6.07) is 18.2. The summed E-state index contributed by atoms with van der Waals surface area (Å²) >= 11 is 0. The molecule has 0 spiro atoms. The maximum atomic E-state index is 14.5. The van der Waals surface area contributed by atoms with Crippen LogP contribution in [0.3, 0.4) is 0 Å². The number of benzene rings is 2. The molecule has 0 fully saturated rings. The summed E-state index contributed by atoms with van der Waals surface area (Å²) in [4.78, 5) is 3.47. The second-order valence-corrected chi connectivity index (χ2v) is 5.57. The van der Waals surface area contributed by atoms with Gasteiger partial charge >= 0.3 is 0 Å². The SMILES string of the molecule is FC1CNCC=C1c1c(-c2ccccc2)[nH]c2ccccc12. The number of rotatable bonds is 2. The molecule has 22 heavy (non-hydrogen) atoms. The number of nitrogens with one attached hydrogen (secondary N) is 2. The summed E-state index contributed by atoms with van der Waals surface area (Å²) in [7, 11) is 0. The van der Waals surface area contributed by atoms with Crippen molar-refractivity contribution in [2.75, 3.05) is 13.1 Å². The van der Waals surface area contributed by atoms with Crippen molar-refractivity contribution in [3.63, 3.8) is 0 Å². The van der Waals surface area contributed by atoms with Crippen LogP contribution in [0, 0.1) is 0 Å². The maximum absolute atomic E-state index is 14.5. The molecular formula is C19H17FN2. The first-order valence-corrected chi connectivity index (χ1v) is 7.56. The zero-order valence-corrected chi connectivity index (χ0v) is 12.1. The number of alkyl halides is 1. The zero-order chi connectivity index (χ0) is 14.9. The monoisotopic (exact) mass is 292 g/mol. The van der Waals surface area contributed by atoms with E-state index in [1.807, 2.05) is 42.5 Å². The molecule has 1 aromatic heterocycles. The molecular weight excluding hydrogens is 275 g/mol. The van der Waals surface area contributed by atoms with Gasteiger partial charge in [-0.15, -0.1) is 0 Å². The zero-order valence-electron chi connectivity index (χ0n) is 12.1. The fourth-order valence-electron chi connectivity index (χ4n) is 3.15. The van der Waals surface area contributed by atoms with E-state index >= 15 is 0 Å². The number of halogens is 1. The molecule has 1 atom stereocenters. The van der Waals surface area contributed by atoms with Crippen LogP contribution < -0.4 is 5.32 Å². The van der Waals surface area contributed by atoms with E-state index < -0.39 is 6.17 Å². The first-order chi connectivity index (χ1) is 10.8. The summed E-state index contributed by atoms with van der Waals surface area (Å²) < 4.78 is 14.5. The number of fused-ring (bicyclic) bond motifs is 1. The van der Waals surface area contributed by atoms with E-state index in [4.69, 9.17) is 0 Å². The lowest BCUT2D eigenvalue weighted by molar-refractivity contribution is 0.387. The first kappa shape index (κ1) is 13.3. The van der Waals surface area contributed by atoms with Crippen LogP contribution in [0.5, 0.6) is 0 Å². The van der Waals surface area contributed by atoms with Crippen molar-refractivity contribution in [1.29, 1.82) is 0 Å². The quantitative estimate of drug-likeness (QED) is 0.729. The van der Waals surface area contributed by atoms with Crippen molar-refractivity contribution in [2.24, 2.45) is 0 Å². The highest BCUT2D eigenvalue weighted by Gasteiger charge is 2.24. The summed E-state index contributed by atoms with van der Waals surface area (Å²) in [6.45, 7) is 1.09. The van der Waals surface area contributed by atoms with Gasteiger partial charge in [-0.2, -0.15) is 0 Å². The third-order valence-electron chi connectivity index (χ3n) is 4.18. The molecule has 2 heterocycles. The summed E-state index contributed by atoms with van der Waals surface area (Å²) in [5.41, 5.74) is 4.91. The van der Waals surface area contributed by atoms with Gasteiger partial charge in [-0.3, -0.25) is 0 Å². The highest BCUT2D eigenvalue weighted by atomic mass is 19.1. The van der Waals surface area contributed by atoms with E-state index in [9.17, 15) is 4.39 Å². The van der Waals surface area contributed by atoms with Gasteiger partial charge in [0.25, 0.3) is 0 Å². The average Bonchev–Trinajstić information content (AvgIpc) is 2.95. The van der Waals surface area contributed by atoms with Crippen LogP contribution in [0.1, 0.15) is 5.56 Å². The van der Waals surface area contributed by atoms with Gasteiger partial charge < -0.3 is 10.3 Å². The Labute approximate surface area is 128 Å². The van der Waals surface area contributed by atoms with Gasteiger partial charge in [-0.05, 0) is 17.2 Å². The third-order valence-corrected chi connectivity index (χ3v) is 4.18. The average molecular weight is 292 g/mol. The molecule has 1 unspecified atom stereocenters. The lowest BCUT2D eigenvalue weighted by Gasteiger charge is -2.19. The topological polar surface area (TPSA) is 27.8 Å². The van der Waals surface area contributed by atoms with Crippen LogP contribution in [0.2, 0.25) is 0 Å². The molecule has 110 valence electrons. The maximum Gasteiger partial charge on any atom is 0.138 e. The molecule has 0 aliphatic carbocycles. The number of aromatic nitrogens is 1. The van der Waals surface area contributed by atoms with E-state index in [2.05, 4.69) is 28.5 Å². The minimum atomic E-state index is -0.976. The van der Waals surface area contributed by atoms with E-state index in [-0.39, 0.29) is 0 Å². The molecule has 0 radical (unpaired) electrons. The predicted octanol–water partition coefficient (Wildman–Crippen LogP) is 4.16. The van der Waals surface area contributed by atoms with E-state index in [1.54, 1.807) is 0 Å². The molecule has 2 N–H and O–H groups in total. The highest BCUT2D eigenvalue weighted by molar-refractivity contribution is 6.01. The number of aromatic amines is 1. The van der Waals surface area contributed by atoms with Crippen molar-refractivity contribution in [3.8, 4) is 11.3 Å². The predicted molar refractivity (Wildman–Crippen MR) is 89.5 cm³/mol. The van der Waals surface area contributed by atoms with Gasteiger partial charge in [0.15, 0.2) is 0 Å². The van der Waals surface area contributed by atoms with Crippen molar-refractivity contribution in [3.05, 3.63) is 66.2 Å². The summed E-state index contributed by atoms with van der Waals surface area (Å²) in [6.07, 6.45) is 0.992. The molecule has 0 amide bonds. The molecule has 0 saturated heterocycles. The van der Waals surface area contributed by atoms with Crippen molar-refractivity contribution in [2.45, 2.75) is 6.17 Å². The van der Waals surface area contributed by atoms with Crippen LogP contribution in [0.25, 0.3) is 27.7 Å². The lowest BCUT2D eigenvalue weighted by Crippen LogP contribution is -2.30. The standard InChI is InChI=1S/C19H17FN2/c20-16-12-21-11-10-14(16)18-15-8-4-5-9-17(15)22-19(18)13-6-2-1-3-7-13/h1-10,16,21-22H,11-12H2. The van der Waals surface area contributed by atoms with Gasteiger partial charge in [0, 0.05) is 29.6 Å². The second-order valence-electron chi connectivity index (χ2n) is 5.57. The van der Waals surface area contributed by atoms with Gasteiger partial charge in [0.2, 0.25) is 0 Å². The van der Waals surface area contributed by atoms with Crippen molar-refractivity contribution >= 4 is 16.5 Å². The van der Waals surface area contributed by atoms with Gasteiger partial charge in [-0.1, -0.05) is 54.6 Å². The fourth-order valence-corrected chi connectivity index (χ4v) is 3.15. The molecule has 3 aromatic rings. The number of para-hydroxylation sites is 1. The molecule has 1 aliphatic heterocycles. The Bertz CT molecular complexity index is 833. The normalized spacial score (nSPS) is 18.4. The Hall–Kier alpha value is -2.39. The first-order valence-electron chi connectivity index (χ1n) is 7.56. The van der Waals surface area contributed by atoms with E-state index in [0.29, 0.717) is 13.1 Å². The molecule has 2 nitrogen and oxygen atoms in total. The molecule has 1 aliphatic rings. The molecule has 3 heteroatoms. The van der Waals surface area contributed by atoms with Crippen molar-refractivity contribution < 1.29 is 4.39 Å². The summed E-state index contributed by atoms with van der Waals surface area (Å²) in [5.74, 6) is 0. The van der Waals surface area contributed by atoms with Crippen LogP contribution >= 0.6 is 0 Å².